The van der Waals surface area contributed by atoms with E-state index in [0.717, 1.165) is 37.5 Å². The van der Waals surface area contributed by atoms with Gasteiger partial charge in [0.05, 0.1) is 0 Å². The molecule has 2 nitrogen and oxygen atoms in total. The first-order chi connectivity index (χ1) is 6.79. The van der Waals surface area contributed by atoms with Gasteiger partial charge in [0.1, 0.15) is 20.2 Å². The molecule has 0 aromatic heterocycles. The lowest BCUT2D eigenvalue weighted by molar-refractivity contribution is 0.234. The Hall–Kier alpha value is -0.955. The van der Waals surface area contributed by atoms with E-state index in [4.69, 9.17) is 12.6 Å². The second kappa shape index (κ2) is 4.05. The van der Waals surface area contributed by atoms with Crippen molar-refractivity contribution in [2.45, 2.75) is 13.5 Å². The number of likely N-dealkylation sites (N-methyl/N-ethyl adjacent to an activating group) is 1. The molecule has 0 saturated carbocycles. The number of benzene rings is 1. The quantitative estimate of drug-likeness (QED) is 0.600. The van der Waals surface area contributed by atoms with Gasteiger partial charge < -0.3 is 4.74 Å². The Balaban J connectivity index is 2.28. The zero-order valence-corrected chi connectivity index (χ0v) is 8.49. The first-order valence-corrected chi connectivity index (χ1v) is 5.03. The zero-order chi connectivity index (χ0) is 9.97. The Morgan fingerprint density at radius 1 is 1.50 bits per heavy atom. The number of fused-ring (bicyclic) bond motifs is 1. The molecule has 0 N–H and O–H groups in total. The van der Waals surface area contributed by atoms with Crippen LogP contribution in [-0.2, 0) is 6.54 Å². The van der Waals surface area contributed by atoms with Gasteiger partial charge in [-0.2, -0.15) is 0 Å². The summed E-state index contributed by atoms with van der Waals surface area (Å²) >= 11 is 0. The van der Waals surface area contributed by atoms with E-state index in [2.05, 4.69) is 11.8 Å². The topological polar surface area (TPSA) is 12.5 Å². The third-order valence-corrected chi connectivity index (χ3v) is 2.59. The molecule has 1 aliphatic heterocycles. The van der Waals surface area contributed by atoms with Crippen molar-refractivity contribution < 1.29 is 4.74 Å². The average molecular weight is 187 g/mol. The summed E-state index contributed by atoms with van der Waals surface area (Å²) in [7, 11) is 5.75. The fraction of sp³-hybridized carbons (Fsp3) is 0.455. The van der Waals surface area contributed by atoms with Gasteiger partial charge in [-0.3, -0.25) is 4.90 Å². The van der Waals surface area contributed by atoms with Gasteiger partial charge in [0.2, 0.25) is 0 Å². The van der Waals surface area contributed by atoms with Gasteiger partial charge in [0.25, 0.3) is 0 Å². The van der Waals surface area contributed by atoms with Gasteiger partial charge in [-0.15, -0.1) is 0 Å². The number of hydrogen-bond donors (Lipinski definition) is 0. The van der Waals surface area contributed by atoms with E-state index in [1.807, 2.05) is 18.2 Å². The summed E-state index contributed by atoms with van der Waals surface area (Å²) in [4.78, 5) is 2.35. The second-order valence-electron chi connectivity index (χ2n) is 3.58. The maximum atomic E-state index is 5.75. The first kappa shape index (κ1) is 9.59. The molecule has 2 rings (SSSR count). The third kappa shape index (κ3) is 1.93. The number of nitrogens with zero attached hydrogens (tertiary/aromatic N) is 1. The van der Waals surface area contributed by atoms with Crippen molar-refractivity contribution in [2.75, 3.05) is 19.7 Å². The summed E-state index contributed by atoms with van der Waals surface area (Å²) in [6.45, 7) is 5.92. The highest BCUT2D eigenvalue weighted by molar-refractivity contribution is 6.32. The van der Waals surface area contributed by atoms with E-state index >= 15 is 0 Å². The van der Waals surface area contributed by atoms with Crippen LogP contribution in [0.2, 0.25) is 0 Å². The van der Waals surface area contributed by atoms with Gasteiger partial charge in [0, 0.05) is 18.7 Å². The van der Waals surface area contributed by atoms with Crippen LogP contribution < -0.4 is 10.2 Å². The molecule has 1 aromatic rings. The number of rotatable bonds is 1. The molecule has 3 heteroatoms. The van der Waals surface area contributed by atoms with Gasteiger partial charge in [-0.05, 0) is 12.6 Å². The summed E-state index contributed by atoms with van der Waals surface area (Å²) in [6.07, 6.45) is 0. The number of ether oxygens (including phenoxy) is 1. The van der Waals surface area contributed by atoms with Crippen molar-refractivity contribution in [3.8, 4) is 5.75 Å². The molecule has 0 saturated heterocycles. The van der Waals surface area contributed by atoms with Crippen molar-refractivity contribution in [1.82, 2.24) is 4.90 Å². The SMILES string of the molecule is [B]c1ccc2c(c1)CN(CC)CCO2. The van der Waals surface area contributed by atoms with Crippen LogP contribution in [0, 0.1) is 0 Å². The van der Waals surface area contributed by atoms with Crippen LogP contribution in [0.3, 0.4) is 0 Å². The van der Waals surface area contributed by atoms with Crippen LogP contribution in [0.1, 0.15) is 12.5 Å². The molecule has 1 aromatic carbocycles. The molecule has 0 bridgehead atoms. The molecular formula is C11H14BNO. The fourth-order valence-electron chi connectivity index (χ4n) is 1.74. The molecule has 0 fully saturated rings. The zero-order valence-electron chi connectivity index (χ0n) is 8.49. The van der Waals surface area contributed by atoms with E-state index in [1.54, 1.807) is 0 Å². The minimum absolute atomic E-state index is 0.769. The molecule has 0 spiro atoms. The van der Waals surface area contributed by atoms with Crippen molar-refractivity contribution >= 4 is 13.3 Å². The summed E-state index contributed by atoms with van der Waals surface area (Å²) in [5.41, 5.74) is 2.01. The summed E-state index contributed by atoms with van der Waals surface area (Å²) in [5.74, 6) is 0.982. The molecule has 1 heterocycles. The van der Waals surface area contributed by atoms with Gasteiger partial charge in [-0.1, -0.05) is 24.5 Å². The molecule has 2 radical (unpaired) electrons. The lowest BCUT2D eigenvalue weighted by Crippen LogP contribution is -2.25. The Kier molecular flexibility index (Phi) is 2.78. The molecule has 14 heavy (non-hydrogen) atoms. The highest BCUT2D eigenvalue weighted by Crippen LogP contribution is 2.21. The normalized spacial score (nSPS) is 16.9. The van der Waals surface area contributed by atoms with Gasteiger partial charge >= 0.3 is 0 Å². The van der Waals surface area contributed by atoms with Crippen LogP contribution in [0.15, 0.2) is 18.2 Å². The van der Waals surface area contributed by atoms with Crippen molar-refractivity contribution in [3.63, 3.8) is 0 Å². The molecular weight excluding hydrogens is 173 g/mol. The molecule has 72 valence electrons. The highest BCUT2D eigenvalue weighted by atomic mass is 16.5. The largest absolute Gasteiger partial charge is 0.492 e. The summed E-state index contributed by atoms with van der Waals surface area (Å²) < 4.78 is 5.64. The molecule has 0 unspecified atom stereocenters. The molecule has 0 atom stereocenters. The molecule has 0 amide bonds. The van der Waals surface area contributed by atoms with Crippen LogP contribution in [-0.4, -0.2) is 32.4 Å². The first-order valence-electron chi connectivity index (χ1n) is 5.03. The fourth-order valence-corrected chi connectivity index (χ4v) is 1.74. The lowest BCUT2D eigenvalue weighted by atomic mass is 9.94. The van der Waals surface area contributed by atoms with E-state index in [1.165, 1.54) is 5.56 Å². The molecule has 1 aliphatic rings. The van der Waals surface area contributed by atoms with Crippen LogP contribution in [0.25, 0.3) is 0 Å². The van der Waals surface area contributed by atoms with Gasteiger partial charge in [0.15, 0.2) is 0 Å². The monoisotopic (exact) mass is 187 g/mol. The van der Waals surface area contributed by atoms with Crippen LogP contribution in [0.4, 0.5) is 0 Å². The van der Waals surface area contributed by atoms with E-state index < -0.39 is 0 Å². The Bertz CT molecular complexity index is 327. The number of hydrogen-bond acceptors (Lipinski definition) is 2. The Morgan fingerprint density at radius 3 is 3.14 bits per heavy atom. The smallest absolute Gasteiger partial charge is 0.123 e. The van der Waals surface area contributed by atoms with E-state index in [9.17, 15) is 0 Å². The maximum Gasteiger partial charge on any atom is 0.123 e. The summed E-state index contributed by atoms with van der Waals surface area (Å²) in [5, 5.41) is 0. The predicted octanol–water partition coefficient (Wildman–Crippen LogP) is 0.695. The third-order valence-electron chi connectivity index (χ3n) is 2.59. The molecule has 0 aliphatic carbocycles. The standard InChI is InChI=1S/C11H14BNO/c1-2-13-5-6-14-11-4-3-10(12)7-9(11)8-13/h3-4,7H,2,5-6,8H2,1H3. The van der Waals surface area contributed by atoms with Gasteiger partial charge in [-0.25, -0.2) is 0 Å². The predicted molar refractivity (Wildman–Crippen MR) is 58.3 cm³/mol. The van der Waals surface area contributed by atoms with Crippen molar-refractivity contribution in [3.05, 3.63) is 23.8 Å². The van der Waals surface area contributed by atoms with E-state index in [-0.39, 0.29) is 0 Å². The highest BCUT2D eigenvalue weighted by Gasteiger charge is 2.13. The average Bonchev–Trinajstić information content (AvgIpc) is 2.38. The Labute approximate surface area is 86.3 Å². The minimum atomic E-state index is 0.769. The van der Waals surface area contributed by atoms with Crippen molar-refractivity contribution in [2.24, 2.45) is 0 Å². The van der Waals surface area contributed by atoms with Crippen molar-refractivity contribution in [1.29, 1.82) is 0 Å². The summed E-state index contributed by atoms with van der Waals surface area (Å²) in [6, 6.07) is 5.85. The van der Waals surface area contributed by atoms with Crippen LogP contribution >= 0.6 is 0 Å². The Morgan fingerprint density at radius 2 is 2.36 bits per heavy atom. The maximum absolute atomic E-state index is 5.75. The lowest BCUT2D eigenvalue weighted by Gasteiger charge is -2.16. The minimum Gasteiger partial charge on any atom is -0.492 e. The van der Waals surface area contributed by atoms with Crippen LogP contribution in [0.5, 0.6) is 5.75 Å². The van der Waals surface area contributed by atoms with E-state index in [0.29, 0.717) is 0 Å². The second-order valence-corrected chi connectivity index (χ2v) is 3.58.